The molecule has 2 aromatic carbocycles. The quantitative estimate of drug-likeness (QED) is 0.476. The van der Waals surface area contributed by atoms with Crippen LogP contribution >= 0.6 is 0 Å². The Bertz CT molecular complexity index is 917. The molecule has 2 atom stereocenters. The van der Waals surface area contributed by atoms with Gasteiger partial charge in [0.05, 0.1) is 17.7 Å². The van der Waals surface area contributed by atoms with Crippen LogP contribution in [-0.4, -0.2) is 23.2 Å². The molecule has 3 nitrogen and oxygen atoms in total. The lowest BCUT2D eigenvalue weighted by Gasteiger charge is -2.25. The smallest absolute Gasteiger partial charge is 0.386 e. The lowest BCUT2D eigenvalue weighted by molar-refractivity contribution is -0.137. The van der Waals surface area contributed by atoms with E-state index in [1.807, 2.05) is 0 Å². The highest BCUT2D eigenvalue weighted by Crippen LogP contribution is 2.30. The van der Waals surface area contributed by atoms with Gasteiger partial charge in [0.15, 0.2) is 0 Å². The third-order valence-electron chi connectivity index (χ3n) is 4.45. The van der Waals surface area contributed by atoms with Crippen LogP contribution in [-0.2, 0) is 17.4 Å². The standard InChI is InChI=1S/C21H18F7NO2/c1-12(20(23,24)25)10-18(30)29-17(19(31)14-4-8-16(22)9-5-14)11-13-2-6-15(7-3-13)21(26,27)28/h2-10,17,19,31H,11H2,1H3,(H,29,30)/b12-10+. The van der Waals surface area contributed by atoms with E-state index in [9.17, 15) is 40.6 Å². The van der Waals surface area contributed by atoms with Gasteiger partial charge in [-0.25, -0.2) is 4.39 Å². The minimum atomic E-state index is -4.73. The van der Waals surface area contributed by atoms with E-state index in [2.05, 4.69) is 5.32 Å². The number of aliphatic hydroxyl groups excluding tert-OH is 1. The molecule has 0 spiro atoms. The van der Waals surface area contributed by atoms with E-state index < -0.39 is 47.4 Å². The van der Waals surface area contributed by atoms with Gasteiger partial charge in [-0.2, -0.15) is 26.3 Å². The summed E-state index contributed by atoms with van der Waals surface area (Å²) in [5.41, 5.74) is -1.62. The summed E-state index contributed by atoms with van der Waals surface area (Å²) in [5, 5.41) is 12.8. The topological polar surface area (TPSA) is 49.3 Å². The number of aliphatic hydroxyl groups is 1. The predicted octanol–water partition coefficient (Wildman–Crippen LogP) is 5.11. The third-order valence-corrected chi connectivity index (χ3v) is 4.45. The van der Waals surface area contributed by atoms with Crippen molar-refractivity contribution in [2.45, 2.75) is 37.8 Å². The molecule has 0 aliphatic rings. The van der Waals surface area contributed by atoms with E-state index in [0.717, 1.165) is 36.4 Å². The van der Waals surface area contributed by atoms with Crippen LogP contribution in [0.15, 0.2) is 60.2 Å². The Morgan fingerprint density at radius 1 is 1.00 bits per heavy atom. The summed E-state index contributed by atoms with van der Waals surface area (Å²) in [6.07, 6.45) is -10.6. The van der Waals surface area contributed by atoms with Crippen LogP contribution in [0.1, 0.15) is 29.7 Å². The maximum Gasteiger partial charge on any atom is 0.416 e. The maximum absolute atomic E-state index is 13.1. The number of hydrogen-bond acceptors (Lipinski definition) is 2. The Labute approximate surface area is 173 Å². The van der Waals surface area contributed by atoms with Crippen molar-refractivity contribution < 1.29 is 40.6 Å². The number of nitrogens with one attached hydrogen (secondary N) is 1. The molecule has 0 aromatic heterocycles. The van der Waals surface area contributed by atoms with Crippen molar-refractivity contribution in [3.05, 3.63) is 82.7 Å². The highest BCUT2D eigenvalue weighted by Gasteiger charge is 2.32. The highest BCUT2D eigenvalue weighted by molar-refractivity contribution is 5.88. The van der Waals surface area contributed by atoms with Crippen LogP contribution in [0, 0.1) is 5.82 Å². The number of benzene rings is 2. The molecule has 2 N–H and O–H groups in total. The largest absolute Gasteiger partial charge is 0.416 e. The molecule has 0 heterocycles. The van der Waals surface area contributed by atoms with Gasteiger partial charge in [-0.15, -0.1) is 0 Å². The van der Waals surface area contributed by atoms with Crippen LogP contribution < -0.4 is 5.32 Å². The lowest BCUT2D eigenvalue weighted by Crippen LogP contribution is -2.40. The van der Waals surface area contributed by atoms with Gasteiger partial charge in [-0.05, 0) is 48.7 Å². The van der Waals surface area contributed by atoms with Gasteiger partial charge in [0.25, 0.3) is 0 Å². The second-order valence-corrected chi connectivity index (χ2v) is 6.84. The van der Waals surface area contributed by atoms with Crippen LogP contribution in [0.25, 0.3) is 0 Å². The van der Waals surface area contributed by atoms with Crippen LogP contribution in [0.4, 0.5) is 30.7 Å². The second-order valence-electron chi connectivity index (χ2n) is 6.84. The van der Waals surface area contributed by atoms with Crippen LogP contribution in [0.2, 0.25) is 0 Å². The van der Waals surface area contributed by atoms with Crippen molar-refractivity contribution in [3.8, 4) is 0 Å². The Kier molecular flexibility index (Phi) is 7.48. The second kappa shape index (κ2) is 9.51. The molecule has 0 aliphatic carbocycles. The fraction of sp³-hybridized carbons (Fsp3) is 0.286. The van der Waals surface area contributed by atoms with Crippen molar-refractivity contribution in [1.29, 1.82) is 0 Å². The molecule has 31 heavy (non-hydrogen) atoms. The number of amides is 1. The first-order chi connectivity index (χ1) is 14.3. The van der Waals surface area contributed by atoms with Gasteiger partial charge in [0.1, 0.15) is 5.82 Å². The zero-order chi connectivity index (χ0) is 23.4. The minimum Gasteiger partial charge on any atom is -0.386 e. The van der Waals surface area contributed by atoms with Gasteiger partial charge in [0.2, 0.25) is 5.91 Å². The van der Waals surface area contributed by atoms with Gasteiger partial charge in [-0.3, -0.25) is 4.79 Å². The van der Waals surface area contributed by atoms with E-state index in [1.165, 1.54) is 12.1 Å². The number of carbonyl (C=O) groups excluding carboxylic acids is 1. The molecule has 10 heteroatoms. The third kappa shape index (κ3) is 7.09. The highest BCUT2D eigenvalue weighted by atomic mass is 19.4. The van der Waals surface area contributed by atoms with E-state index in [0.29, 0.717) is 13.0 Å². The summed E-state index contributed by atoms with van der Waals surface area (Å²) in [6, 6.07) is 7.23. The summed E-state index contributed by atoms with van der Waals surface area (Å²) in [7, 11) is 0. The number of allylic oxidation sites excluding steroid dienone is 1. The number of rotatable bonds is 6. The zero-order valence-electron chi connectivity index (χ0n) is 16.1. The Hall–Kier alpha value is -2.88. The molecule has 1 amide bonds. The van der Waals surface area contributed by atoms with Gasteiger partial charge < -0.3 is 10.4 Å². The molecule has 2 rings (SSSR count). The molecule has 168 valence electrons. The summed E-state index contributed by atoms with van der Waals surface area (Å²) >= 11 is 0. The molecular formula is C21H18F7NO2. The van der Waals surface area contributed by atoms with Crippen molar-refractivity contribution in [1.82, 2.24) is 5.32 Å². The molecule has 0 bridgehead atoms. The summed E-state index contributed by atoms with van der Waals surface area (Å²) in [4.78, 5) is 12.1. The average molecular weight is 449 g/mol. The van der Waals surface area contributed by atoms with Crippen molar-refractivity contribution >= 4 is 5.91 Å². The first-order valence-electron chi connectivity index (χ1n) is 8.93. The average Bonchev–Trinajstić information content (AvgIpc) is 2.66. The van der Waals surface area contributed by atoms with E-state index in [-0.39, 0.29) is 17.5 Å². The van der Waals surface area contributed by atoms with E-state index in [4.69, 9.17) is 0 Å². The molecule has 0 saturated heterocycles. The minimum absolute atomic E-state index is 0.162. The van der Waals surface area contributed by atoms with Crippen LogP contribution in [0.5, 0.6) is 0 Å². The fourth-order valence-corrected chi connectivity index (χ4v) is 2.72. The maximum atomic E-state index is 13.1. The molecule has 2 unspecified atom stereocenters. The van der Waals surface area contributed by atoms with Gasteiger partial charge in [-0.1, -0.05) is 24.3 Å². The molecule has 0 fully saturated rings. The van der Waals surface area contributed by atoms with Gasteiger partial charge >= 0.3 is 12.4 Å². The molecular weight excluding hydrogens is 431 g/mol. The Morgan fingerprint density at radius 3 is 2.03 bits per heavy atom. The SMILES string of the molecule is C/C(=C\C(=O)NC(Cc1ccc(C(F)(F)F)cc1)C(O)c1ccc(F)cc1)C(F)(F)F. The predicted molar refractivity (Wildman–Crippen MR) is 98.3 cm³/mol. The lowest BCUT2D eigenvalue weighted by atomic mass is 9.95. The van der Waals surface area contributed by atoms with Gasteiger partial charge in [0, 0.05) is 11.6 Å². The molecule has 0 saturated carbocycles. The first-order valence-corrected chi connectivity index (χ1v) is 8.93. The van der Waals surface area contributed by atoms with Crippen LogP contribution in [0.3, 0.4) is 0 Å². The molecule has 0 radical (unpaired) electrons. The number of halogens is 7. The summed E-state index contributed by atoms with van der Waals surface area (Å²) in [5.74, 6) is -1.74. The first kappa shape index (κ1) is 24.4. The fourth-order valence-electron chi connectivity index (χ4n) is 2.72. The number of hydrogen-bond donors (Lipinski definition) is 2. The Balaban J connectivity index is 2.29. The van der Waals surface area contributed by atoms with E-state index >= 15 is 0 Å². The molecule has 2 aromatic rings. The van der Waals surface area contributed by atoms with Crippen molar-refractivity contribution in [3.63, 3.8) is 0 Å². The number of alkyl halides is 6. The van der Waals surface area contributed by atoms with Crippen molar-refractivity contribution in [2.75, 3.05) is 0 Å². The van der Waals surface area contributed by atoms with Crippen molar-refractivity contribution in [2.24, 2.45) is 0 Å². The van der Waals surface area contributed by atoms with E-state index in [1.54, 1.807) is 0 Å². The molecule has 0 aliphatic heterocycles. The normalized spacial score (nSPS) is 14.8. The monoisotopic (exact) mass is 449 g/mol. The Morgan fingerprint density at radius 2 is 1.55 bits per heavy atom. The summed E-state index contributed by atoms with van der Waals surface area (Å²) in [6.45, 7) is 0.695. The number of carbonyl (C=O) groups is 1. The summed E-state index contributed by atoms with van der Waals surface area (Å²) < 4.78 is 89.3. The zero-order valence-corrected chi connectivity index (χ0v) is 16.1.